The summed E-state index contributed by atoms with van der Waals surface area (Å²) in [6.45, 7) is 0. The minimum Gasteiger partial charge on any atom is -0.476 e. The lowest BCUT2D eigenvalue weighted by atomic mass is 10.4. The predicted molar refractivity (Wildman–Crippen MR) is 69.2 cm³/mol. The molecular weight excluding hydrogens is 342 g/mol. The molecule has 0 radical (unpaired) electrons. The van der Waals surface area contributed by atoms with Gasteiger partial charge in [0.05, 0.1) is 0 Å². The summed E-state index contributed by atoms with van der Waals surface area (Å²) in [5.74, 6) is -6.42. The van der Waals surface area contributed by atoms with Crippen molar-refractivity contribution in [3.05, 3.63) is 64.7 Å². The number of hydrogen-bond acceptors (Lipinski definition) is 6. The van der Waals surface area contributed by atoms with Crippen LogP contribution in [0.1, 0.15) is 21.0 Å². The first-order chi connectivity index (χ1) is 11.0. The van der Waals surface area contributed by atoms with Gasteiger partial charge in [-0.1, -0.05) is 0 Å². The maximum atomic E-state index is 12.5. The summed E-state index contributed by atoms with van der Waals surface area (Å²) >= 11 is 0. The first-order valence-corrected chi connectivity index (χ1v) is 5.55. The summed E-state index contributed by atoms with van der Waals surface area (Å²) in [5, 5.41) is 16.5. The number of carbonyl (C=O) groups is 2. The molecule has 0 aliphatic heterocycles. The molecular formula is C10H6F2N4O8. The minimum atomic E-state index is -1.70. The zero-order chi connectivity index (χ0) is 18.6. The number of carboxylic acid groups (broad SMARTS) is 2. The average Bonchev–Trinajstić information content (AvgIpc) is 2.46. The van der Waals surface area contributed by atoms with Crippen LogP contribution in [0.5, 0.6) is 0 Å². The van der Waals surface area contributed by atoms with Crippen molar-refractivity contribution >= 4 is 11.9 Å². The number of nitrogens with one attached hydrogen (secondary N) is 4. The Labute approximate surface area is 126 Å². The highest BCUT2D eigenvalue weighted by Crippen LogP contribution is 1.93. The quantitative estimate of drug-likeness (QED) is 0.350. The van der Waals surface area contributed by atoms with Crippen LogP contribution in [0.25, 0.3) is 0 Å². The van der Waals surface area contributed by atoms with E-state index in [1.807, 2.05) is 0 Å². The molecule has 2 aromatic rings. The first kappa shape index (κ1) is 18.2. The van der Waals surface area contributed by atoms with Gasteiger partial charge in [0.15, 0.2) is 11.4 Å². The van der Waals surface area contributed by atoms with Crippen molar-refractivity contribution in [1.82, 2.24) is 19.9 Å². The van der Waals surface area contributed by atoms with Gasteiger partial charge < -0.3 is 10.2 Å². The monoisotopic (exact) mass is 348 g/mol. The molecule has 0 fully saturated rings. The molecule has 14 heteroatoms. The van der Waals surface area contributed by atoms with Gasteiger partial charge in [-0.25, -0.2) is 19.2 Å². The van der Waals surface area contributed by atoms with E-state index in [0.717, 1.165) is 0 Å². The molecule has 0 saturated carbocycles. The SMILES string of the molecule is O=C(O)c1[nH]c(=O)[nH]c(=O)c1F.O=C(O)c1[nH]c(=O)[nH]c(=O)c1F. The minimum absolute atomic E-state index is 1.04. The molecule has 0 saturated heterocycles. The fourth-order valence-electron chi connectivity index (χ4n) is 1.24. The lowest BCUT2D eigenvalue weighted by Gasteiger charge is -1.93. The predicted octanol–water partition coefficient (Wildman–Crippen LogP) is -2.20. The maximum absolute atomic E-state index is 12.5. The van der Waals surface area contributed by atoms with Crippen molar-refractivity contribution < 1.29 is 28.6 Å². The molecule has 0 aromatic carbocycles. The van der Waals surface area contributed by atoms with Crippen LogP contribution in [-0.4, -0.2) is 42.1 Å². The van der Waals surface area contributed by atoms with Gasteiger partial charge in [0.2, 0.25) is 11.6 Å². The van der Waals surface area contributed by atoms with Gasteiger partial charge in [0.25, 0.3) is 11.1 Å². The highest BCUT2D eigenvalue weighted by Gasteiger charge is 2.15. The Morgan fingerprint density at radius 2 is 0.958 bits per heavy atom. The number of aromatic carboxylic acids is 2. The molecule has 0 atom stereocenters. The van der Waals surface area contributed by atoms with Gasteiger partial charge in [-0.2, -0.15) is 8.78 Å². The Balaban J connectivity index is 0.000000240. The third-order valence-electron chi connectivity index (χ3n) is 2.20. The summed E-state index contributed by atoms with van der Waals surface area (Å²) in [6, 6.07) is 0. The number of H-pyrrole nitrogens is 4. The van der Waals surface area contributed by atoms with Crippen LogP contribution in [0.2, 0.25) is 0 Å². The Kier molecular flexibility index (Phi) is 5.27. The van der Waals surface area contributed by atoms with Gasteiger partial charge in [0.1, 0.15) is 0 Å². The number of aromatic amines is 4. The normalized spacial score (nSPS) is 9.75. The smallest absolute Gasteiger partial charge is 0.355 e. The van der Waals surface area contributed by atoms with Crippen molar-refractivity contribution in [2.75, 3.05) is 0 Å². The highest BCUT2D eigenvalue weighted by molar-refractivity contribution is 5.85. The number of carboxylic acids is 2. The van der Waals surface area contributed by atoms with Crippen LogP contribution in [-0.2, 0) is 0 Å². The van der Waals surface area contributed by atoms with Crippen molar-refractivity contribution in [3.8, 4) is 0 Å². The Bertz CT molecular complexity index is 947. The van der Waals surface area contributed by atoms with Gasteiger partial charge in [-0.15, -0.1) is 0 Å². The van der Waals surface area contributed by atoms with E-state index in [-0.39, 0.29) is 0 Å². The molecule has 0 aliphatic rings. The van der Waals surface area contributed by atoms with Crippen LogP contribution in [0.15, 0.2) is 19.2 Å². The van der Waals surface area contributed by atoms with Gasteiger partial charge in [0, 0.05) is 0 Å². The number of rotatable bonds is 2. The summed E-state index contributed by atoms with van der Waals surface area (Å²) < 4.78 is 25.1. The third-order valence-corrected chi connectivity index (χ3v) is 2.20. The second kappa shape index (κ2) is 6.95. The van der Waals surface area contributed by atoms with E-state index in [1.54, 1.807) is 9.97 Å². The standard InChI is InChI=1S/2C5H3FN2O4/c2*6-1-2(4(10)11)7-5(12)8-3(1)9/h2*(H,10,11)(H2,7,8,9,12). The van der Waals surface area contributed by atoms with E-state index in [2.05, 4.69) is 0 Å². The molecule has 2 heterocycles. The third kappa shape index (κ3) is 4.09. The van der Waals surface area contributed by atoms with E-state index in [9.17, 15) is 37.5 Å². The molecule has 2 rings (SSSR count). The summed E-state index contributed by atoms with van der Waals surface area (Å²) in [5.41, 5.74) is -6.89. The fraction of sp³-hybridized carbons (Fsp3) is 0. The number of halogens is 2. The topological polar surface area (TPSA) is 206 Å². The van der Waals surface area contributed by atoms with E-state index in [1.165, 1.54) is 9.97 Å². The van der Waals surface area contributed by atoms with Crippen molar-refractivity contribution in [1.29, 1.82) is 0 Å². The fourth-order valence-corrected chi connectivity index (χ4v) is 1.24. The molecule has 0 aliphatic carbocycles. The van der Waals surface area contributed by atoms with E-state index in [4.69, 9.17) is 10.2 Å². The highest BCUT2D eigenvalue weighted by atomic mass is 19.1. The summed E-state index contributed by atoms with van der Waals surface area (Å²) in [4.78, 5) is 68.4. The van der Waals surface area contributed by atoms with Gasteiger partial charge in [-0.3, -0.25) is 29.5 Å². The molecule has 0 unspecified atom stereocenters. The van der Waals surface area contributed by atoms with E-state index >= 15 is 0 Å². The van der Waals surface area contributed by atoms with Crippen LogP contribution in [0.3, 0.4) is 0 Å². The molecule has 6 N–H and O–H groups in total. The lowest BCUT2D eigenvalue weighted by molar-refractivity contribution is 0.0672. The summed E-state index contributed by atoms with van der Waals surface area (Å²) in [6.07, 6.45) is 0. The largest absolute Gasteiger partial charge is 0.476 e. The second-order valence-electron chi connectivity index (χ2n) is 3.80. The number of hydrogen-bond donors (Lipinski definition) is 6. The van der Waals surface area contributed by atoms with Crippen molar-refractivity contribution in [2.24, 2.45) is 0 Å². The maximum Gasteiger partial charge on any atom is 0.355 e. The van der Waals surface area contributed by atoms with E-state index < -0.39 is 57.5 Å². The zero-order valence-electron chi connectivity index (χ0n) is 11.1. The zero-order valence-corrected chi connectivity index (χ0v) is 11.1. The number of aromatic nitrogens is 4. The summed E-state index contributed by atoms with van der Waals surface area (Å²) in [7, 11) is 0. The molecule has 128 valence electrons. The van der Waals surface area contributed by atoms with Gasteiger partial charge in [-0.05, 0) is 0 Å². The van der Waals surface area contributed by atoms with Crippen LogP contribution in [0, 0.1) is 11.6 Å². The van der Waals surface area contributed by atoms with Crippen molar-refractivity contribution in [3.63, 3.8) is 0 Å². The molecule has 0 amide bonds. The molecule has 24 heavy (non-hydrogen) atoms. The average molecular weight is 348 g/mol. The van der Waals surface area contributed by atoms with Crippen molar-refractivity contribution in [2.45, 2.75) is 0 Å². The Morgan fingerprint density at radius 3 is 1.21 bits per heavy atom. The Hall–Kier alpha value is -3.84. The molecule has 2 aromatic heterocycles. The van der Waals surface area contributed by atoms with Crippen LogP contribution < -0.4 is 22.5 Å². The van der Waals surface area contributed by atoms with Gasteiger partial charge >= 0.3 is 23.3 Å². The lowest BCUT2D eigenvalue weighted by Crippen LogP contribution is -2.29. The first-order valence-electron chi connectivity index (χ1n) is 5.55. The van der Waals surface area contributed by atoms with Crippen LogP contribution in [0.4, 0.5) is 8.78 Å². The Morgan fingerprint density at radius 1 is 0.667 bits per heavy atom. The molecule has 0 bridgehead atoms. The molecule has 0 spiro atoms. The second-order valence-corrected chi connectivity index (χ2v) is 3.80. The molecule has 12 nitrogen and oxygen atoms in total. The van der Waals surface area contributed by atoms with Crippen LogP contribution >= 0.6 is 0 Å². The van der Waals surface area contributed by atoms with E-state index in [0.29, 0.717) is 0 Å².